The van der Waals surface area contributed by atoms with Crippen molar-refractivity contribution < 1.29 is 14.3 Å². The summed E-state index contributed by atoms with van der Waals surface area (Å²) in [5.74, 6) is 0.591. The van der Waals surface area contributed by atoms with Crippen LogP contribution in [0.25, 0.3) is 0 Å². The molecule has 1 fully saturated rings. The number of piperidine rings is 1. The highest BCUT2D eigenvalue weighted by Crippen LogP contribution is 2.37. The zero-order chi connectivity index (χ0) is 21.3. The number of ether oxygens (including phenoxy) is 1. The molecule has 7 nitrogen and oxygen atoms in total. The average molecular weight is 409 g/mol. The van der Waals surface area contributed by atoms with Crippen LogP contribution in [0.3, 0.4) is 0 Å². The average Bonchev–Trinajstić information content (AvgIpc) is 2.75. The van der Waals surface area contributed by atoms with E-state index in [-0.39, 0.29) is 11.9 Å². The summed E-state index contributed by atoms with van der Waals surface area (Å²) in [5.41, 5.74) is 2.92. The lowest BCUT2D eigenvalue weighted by molar-refractivity contribution is 0.0808. The van der Waals surface area contributed by atoms with Gasteiger partial charge in [-0.25, -0.2) is 4.79 Å². The summed E-state index contributed by atoms with van der Waals surface area (Å²) in [5, 5.41) is 6.21. The standard InChI is InChI=1S/C23H28N4O3/c1-4-27-19-8-6-5-7-17(19)21(28)25-23(27)11-13-26(14-12-23)22(29)24-18-15-16(2)9-10-20(18)30-3/h5-10,15H,4,11-14H2,1-3H3,(H,24,29)(H,25,28). The first-order valence-corrected chi connectivity index (χ1v) is 10.4. The first kappa shape index (κ1) is 20.1. The highest BCUT2D eigenvalue weighted by Gasteiger charge is 2.45. The normalized spacial score (nSPS) is 17.4. The maximum atomic E-state index is 12.9. The second-order valence-corrected chi connectivity index (χ2v) is 7.87. The zero-order valence-electron chi connectivity index (χ0n) is 17.7. The van der Waals surface area contributed by atoms with Crippen LogP contribution in [-0.4, -0.2) is 49.2 Å². The second kappa shape index (κ2) is 7.89. The Kier molecular flexibility index (Phi) is 5.28. The van der Waals surface area contributed by atoms with Gasteiger partial charge in [0.15, 0.2) is 0 Å². The van der Waals surface area contributed by atoms with Gasteiger partial charge in [0.05, 0.1) is 24.0 Å². The van der Waals surface area contributed by atoms with Gasteiger partial charge in [0, 0.05) is 32.5 Å². The minimum absolute atomic E-state index is 0.0438. The highest BCUT2D eigenvalue weighted by atomic mass is 16.5. The van der Waals surface area contributed by atoms with E-state index in [2.05, 4.69) is 22.5 Å². The van der Waals surface area contributed by atoms with Crippen LogP contribution in [0.15, 0.2) is 42.5 Å². The Morgan fingerprint density at radius 3 is 2.63 bits per heavy atom. The fourth-order valence-electron chi connectivity index (χ4n) is 4.54. The third-order valence-electron chi connectivity index (χ3n) is 6.09. The van der Waals surface area contributed by atoms with Gasteiger partial charge in [-0.3, -0.25) is 4.79 Å². The van der Waals surface area contributed by atoms with Gasteiger partial charge in [-0.15, -0.1) is 0 Å². The number of nitrogens with one attached hydrogen (secondary N) is 2. The van der Waals surface area contributed by atoms with Crippen LogP contribution in [0, 0.1) is 6.92 Å². The van der Waals surface area contributed by atoms with Crippen molar-refractivity contribution in [2.75, 3.05) is 37.0 Å². The molecular formula is C23H28N4O3. The molecule has 0 bridgehead atoms. The van der Waals surface area contributed by atoms with Crippen molar-refractivity contribution in [3.05, 3.63) is 53.6 Å². The van der Waals surface area contributed by atoms with Crippen LogP contribution in [-0.2, 0) is 0 Å². The summed E-state index contributed by atoms with van der Waals surface area (Å²) in [6.07, 6.45) is 1.33. The van der Waals surface area contributed by atoms with Crippen molar-refractivity contribution in [1.29, 1.82) is 0 Å². The maximum Gasteiger partial charge on any atom is 0.321 e. The third-order valence-corrected chi connectivity index (χ3v) is 6.09. The Bertz CT molecular complexity index is 967. The molecule has 2 heterocycles. The fourth-order valence-corrected chi connectivity index (χ4v) is 4.54. The van der Waals surface area contributed by atoms with Gasteiger partial charge in [-0.1, -0.05) is 18.2 Å². The molecule has 0 saturated carbocycles. The lowest BCUT2D eigenvalue weighted by Gasteiger charge is -2.52. The highest BCUT2D eigenvalue weighted by molar-refractivity contribution is 6.02. The third kappa shape index (κ3) is 3.44. The van der Waals surface area contributed by atoms with Gasteiger partial charge < -0.3 is 25.2 Å². The molecule has 158 valence electrons. The van der Waals surface area contributed by atoms with Crippen LogP contribution in [0.2, 0.25) is 0 Å². The zero-order valence-corrected chi connectivity index (χ0v) is 17.7. The van der Waals surface area contributed by atoms with Crippen molar-refractivity contribution in [3.8, 4) is 5.75 Å². The molecule has 0 radical (unpaired) electrons. The monoisotopic (exact) mass is 408 g/mol. The number of likely N-dealkylation sites (tertiary alicyclic amines) is 1. The van der Waals surface area contributed by atoms with E-state index >= 15 is 0 Å². The predicted octanol–water partition coefficient (Wildman–Crippen LogP) is 3.60. The number of hydrogen-bond acceptors (Lipinski definition) is 4. The van der Waals surface area contributed by atoms with Gasteiger partial charge in [-0.2, -0.15) is 0 Å². The van der Waals surface area contributed by atoms with E-state index in [1.165, 1.54) is 0 Å². The molecule has 2 aliphatic rings. The summed E-state index contributed by atoms with van der Waals surface area (Å²) in [6.45, 7) is 5.96. The largest absolute Gasteiger partial charge is 0.495 e. The second-order valence-electron chi connectivity index (χ2n) is 7.87. The lowest BCUT2D eigenvalue weighted by Crippen LogP contribution is -2.68. The number of hydrogen-bond donors (Lipinski definition) is 2. The number of fused-ring (bicyclic) bond motifs is 1. The SMILES string of the molecule is CCN1c2ccccc2C(=O)NC12CCN(C(=O)Nc1cc(C)ccc1OC)CC2. The van der Waals surface area contributed by atoms with Crippen molar-refractivity contribution in [2.24, 2.45) is 0 Å². The molecule has 2 aliphatic heterocycles. The maximum absolute atomic E-state index is 12.9. The molecule has 4 rings (SSSR count). The molecule has 2 aromatic carbocycles. The van der Waals surface area contributed by atoms with Gasteiger partial charge >= 0.3 is 6.03 Å². The summed E-state index contributed by atoms with van der Waals surface area (Å²) in [4.78, 5) is 29.7. The number of carbonyl (C=O) groups excluding carboxylic acids is 2. The molecule has 2 N–H and O–H groups in total. The molecule has 3 amide bonds. The van der Waals surface area contributed by atoms with Crippen molar-refractivity contribution >= 4 is 23.3 Å². The van der Waals surface area contributed by atoms with Crippen LogP contribution < -0.4 is 20.3 Å². The fraction of sp³-hybridized carbons (Fsp3) is 0.391. The number of nitrogens with zero attached hydrogens (tertiary/aromatic N) is 2. The molecule has 0 aromatic heterocycles. The summed E-state index contributed by atoms with van der Waals surface area (Å²) in [6, 6.07) is 13.3. The van der Waals surface area contributed by atoms with E-state index in [1.807, 2.05) is 49.4 Å². The van der Waals surface area contributed by atoms with Crippen molar-refractivity contribution in [3.63, 3.8) is 0 Å². The Morgan fingerprint density at radius 2 is 1.93 bits per heavy atom. The van der Waals surface area contributed by atoms with Gasteiger partial charge in [-0.05, 0) is 43.7 Å². The van der Waals surface area contributed by atoms with Crippen LogP contribution in [0.1, 0.15) is 35.7 Å². The number of benzene rings is 2. The Labute approximate surface area is 177 Å². The molecule has 0 atom stereocenters. The Balaban J connectivity index is 1.49. The van der Waals surface area contributed by atoms with Crippen molar-refractivity contribution in [1.82, 2.24) is 10.2 Å². The predicted molar refractivity (Wildman–Crippen MR) is 117 cm³/mol. The van der Waals surface area contributed by atoms with E-state index in [0.717, 1.165) is 17.8 Å². The topological polar surface area (TPSA) is 73.9 Å². The number of anilines is 2. The summed E-state index contributed by atoms with van der Waals surface area (Å²) in [7, 11) is 1.59. The minimum atomic E-state index is -0.460. The Morgan fingerprint density at radius 1 is 1.20 bits per heavy atom. The molecular weight excluding hydrogens is 380 g/mol. The van der Waals surface area contributed by atoms with Gasteiger partial charge in [0.1, 0.15) is 11.4 Å². The van der Waals surface area contributed by atoms with Gasteiger partial charge in [0.2, 0.25) is 0 Å². The molecule has 30 heavy (non-hydrogen) atoms. The molecule has 7 heteroatoms. The van der Waals surface area contributed by atoms with Crippen LogP contribution in [0.4, 0.5) is 16.2 Å². The molecule has 0 aliphatic carbocycles. The van der Waals surface area contributed by atoms with Crippen LogP contribution >= 0.6 is 0 Å². The number of rotatable bonds is 3. The number of urea groups is 1. The smallest absolute Gasteiger partial charge is 0.321 e. The summed E-state index contributed by atoms with van der Waals surface area (Å²) >= 11 is 0. The van der Waals surface area contributed by atoms with E-state index in [9.17, 15) is 9.59 Å². The molecule has 1 saturated heterocycles. The first-order chi connectivity index (χ1) is 14.5. The summed E-state index contributed by atoms with van der Waals surface area (Å²) < 4.78 is 5.36. The number of methoxy groups -OCH3 is 1. The van der Waals surface area contributed by atoms with Gasteiger partial charge in [0.25, 0.3) is 5.91 Å². The molecule has 2 aromatic rings. The number of carbonyl (C=O) groups is 2. The number of amides is 3. The number of para-hydroxylation sites is 1. The number of aryl methyl sites for hydroxylation is 1. The van der Waals surface area contributed by atoms with E-state index < -0.39 is 5.66 Å². The molecule has 1 spiro atoms. The quantitative estimate of drug-likeness (QED) is 0.814. The van der Waals surface area contributed by atoms with E-state index in [0.29, 0.717) is 42.9 Å². The van der Waals surface area contributed by atoms with Crippen LogP contribution in [0.5, 0.6) is 5.75 Å². The van der Waals surface area contributed by atoms with E-state index in [4.69, 9.17) is 4.74 Å². The lowest BCUT2D eigenvalue weighted by atomic mass is 9.90. The van der Waals surface area contributed by atoms with E-state index in [1.54, 1.807) is 12.0 Å². The molecule has 0 unspecified atom stereocenters. The minimum Gasteiger partial charge on any atom is -0.495 e. The Hall–Kier alpha value is -3.22. The van der Waals surface area contributed by atoms with Crippen molar-refractivity contribution in [2.45, 2.75) is 32.4 Å². The first-order valence-electron chi connectivity index (χ1n) is 10.4.